The summed E-state index contributed by atoms with van der Waals surface area (Å²) in [4.78, 5) is 0. The second kappa shape index (κ2) is 20.6. The van der Waals surface area contributed by atoms with Gasteiger partial charge in [-0.3, -0.25) is 0 Å². The first kappa shape index (κ1) is 39.0. The van der Waals surface area contributed by atoms with Crippen molar-refractivity contribution < 1.29 is 49.5 Å². The third-order valence-electron chi connectivity index (χ3n) is 0. The minimum Gasteiger partial charge on any atom is 0 e. The standard InChI is InChI=1S/3Ni.P. The fourth-order valence-corrected chi connectivity index (χ4v) is 0. The SMILES string of the molecule is [Ni].[Ni].[Ni].[P]. The van der Waals surface area contributed by atoms with Gasteiger partial charge in [0.15, 0.2) is 0 Å². The Labute approximate surface area is 59.3 Å². The van der Waals surface area contributed by atoms with Crippen LogP contribution in [-0.4, -0.2) is 0 Å². The minimum atomic E-state index is 0. The molecule has 0 heterocycles. The largest absolute Gasteiger partial charge is 0 e. The van der Waals surface area contributed by atoms with Crippen LogP contribution in [0.25, 0.3) is 0 Å². The average molecular weight is 207 g/mol. The predicted octanol–water partition coefficient (Wildman–Crippen LogP) is 0.854. The van der Waals surface area contributed by atoms with E-state index in [2.05, 4.69) is 0 Å². The molecule has 0 aromatic rings. The topological polar surface area (TPSA) is 0 Å². The molecule has 4 heteroatoms. The van der Waals surface area contributed by atoms with Crippen LogP contribution in [0.2, 0.25) is 0 Å². The smallest absolute Gasteiger partial charge is 0 e. The van der Waals surface area contributed by atoms with Crippen molar-refractivity contribution in [2.45, 2.75) is 0 Å². The molecule has 0 aromatic heterocycles. The third kappa shape index (κ3) is 9.08. The molecule has 0 atom stereocenters. The summed E-state index contributed by atoms with van der Waals surface area (Å²) in [5, 5.41) is 0. The zero-order valence-corrected chi connectivity index (χ0v) is 5.25. The average Bonchev–Trinajstić information content (AvgIpc) is 0. The molecule has 0 nitrogen and oxygen atoms in total. The van der Waals surface area contributed by atoms with Gasteiger partial charge in [-0.25, -0.2) is 0 Å². The fraction of sp³-hybridized carbons (Fsp3) is 0. The molecule has 0 saturated carbocycles. The van der Waals surface area contributed by atoms with Gasteiger partial charge >= 0.3 is 0 Å². The van der Waals surface area contributed by atoms with Crippen molar-refractivity contribution >= 4 is 9.90 Å². The summed E-state index contributed by atoms with van der Waals surface area (Å²) < 4.78 is 0. The van der Waals surface area contributed by atoms with Crippen molar-refractivity contribution in [2.75, 3.05) is 0 Å². The number of hydrogen-bond acceptors (Lipinski definition) is 0. The van der Waals surface area contributed by atoms with Gasteiger partial charge in [-0.05, 0) is 0 Å². The van der Waals surface area contributed by atoms with Crippen LogP contribution >= 0.6 is 9.90 Å². The van der Waals surface area contributed by atoms with Crippen molar-refractivity contribution in [1.82, 2.24) is 0 Å². The van der Waals surface area contributed by atoms with Gasteiger partial charge in [0.1, 0.15) is 0 Å². The molecule has 0 fully saturated rings. The van der Waals surface area contributed by atoms with Gasteiger partial charge < -0.3 is 0 Å². The predicted molar refractivity (Wildman–Crippen MR) is 6.92 cm³/mol. The molecule has 0 unspecified atom stereocenters. The van der Waals surface area contributed by atoms with Crippen molar-refractivity contribution in [3.8, 4) is 0 Å². The summed E-state index contributed by atoms with van der Waals surface area (Å²) >= 11 is 0. The fourth-order valence-electron chi connectivity index (χ4n) is 0. The first-order valence-electron chi connectivity index (χ1n) is 0. The molecule has 35 valence electrons. The Kier molecular flexibility index (Phi) is 201. The van der Waals surface area contributed by atoms with E-state index in [1.54, 1.807) is 0 Å². The van der Waals surface area contributed by atoms with Crippen molar-refractivity contribution in [2.24, 2.45) is 0 Å². The summed E-state index contributed by atoms with van der Waals surface area (Å²) in [5.74, 6) is 0. The van der Waals surface area contributed by atoms with E-state index in [1.807, 2.05) is 0 Å². The number of rotatable bonds is 0. The van der Waals surface area contributed by atoms with Crippen LogP contribution in [0, 0.1) is 0 Å². The van der Waals surface area contributed by atoms with E-state index >= 15 is 0 Å². The van der Waals surface area contributed by atoms with E-state index in [4.69, 9.17) is 0 Å². The van der Waals surface area contributed by atoms with Crippen LogP contribution in [0.3, 0.4) is 0 Å². The van der Waals surface area contributed by atoms with E-state index in [-0.39, 0.29) is 59.4 Å². The first-order valence-corrected chi connectivity index (χ1v) is 0. The maximum absolute atomic E-state index is 0. The molecular formula is Ni3P. The molecule has 3 radical (unpaired) electrons. The van der Waals surface area contributed by atoms with Crippen LogP contribution in [0.4, 0.5) is 0 Å². The zero-order valence-electron chi connectivity index (χ0n) is 1.40. The van der Waals surface area contributed by atoms with Crippen LogP contribution < -0.4 is 0 Å². The molecule has 0 spiro atoms. The van der Waals surface area contributed by atoms with Gasteiger partial charge in [0, 0.05) is 59.4 Å². The summed E-state index contributed by atoms with van der Waals surface area (Å²) in [6.07, 6.45) is 0. The summed E-state index contributed by atoms with van der Waals surface area (Å²) in [5.41, 5.74) is 0. The van der Waals surface area contributed by atoms with E-state index in [0.717, 1.165) is 0 Å². The summed E-state index contributed by atoms with van der Waals surface area (Å²) in [6, 6.07) is 0. The molecular weight excluding hydrogens is 207 g/mol. The molecule has 0 aliphatic heterocycles. The van der Waals surface area contributed by atoms with Gasteiger partial charge in [-0.1, -0.05) is 0 Å². The van der Waals surface area contributed by atoms with E-state index in [0.29, 0.717) is 0 Å². The van der Waals surface area contributed by atoms with Gasteiger partial charge in [0.25, 0.3) is 0 Å². The first-order chi connectivity index (χ1) is 0. The third-order valence-corrected chi connectivity index (χ3v) is 0. The number of hydrogen-bond donors (Lipinski definition) is 0. The minimum absolute atomic E-state index is 0. The van der Waals surface area contributed by atoms with Gasteiger partial charge in [-0.15, -0.1) is 0 Å². The second-order valence-corrected chi connectivity index (χ2v) is 0. The van der Waals surface area contributed by atoms with Crippen LogP contribution in [0.1, 0.15) is 0 Å². The Morgan fingerprint density at radius 1 is 0.500 bits per heavy atom. The van der Waals surface area contributed by atoms with E-state index in [9.17, 15) is 0 Å². The van der Waals surface area contributed by atoms with Crippen LogP contribution in [0.15, 0.2) is 0 Å². The van der Waals surface area contributed by atoms with Crippen LogP contribution in [-0.2, 0) is 49.5 Å². The molecule has 4 heavy (non-hydrogen) atoms. The Morgan fingerprint density at radius 2 is 0.500 bits per heavy atom. The van der Waals surface area contributed by atoms with E-state index < -0.39 is 0 Å². The van der Waals surface area contributed by atoms with Gasteiger partial charge in [0.05, 0.1) is 0 Å². The molecule has 0 rings (SSSR count). The summed E-state index contributed by atoms with van der Waals surface area (Å²) in [7, 11) is 0. The molecule has 0 amide bonds. The second-order valence-electron chi connectivity index (χ2n) is 0. The quantitative estimate of drug-likeness (QED) is 0.408. The molecule has 0 aliphatic carbocycles. The summed E-state index contributed by atoms with van der Waals surface area (Å²) in [6.45, 7) is 0. The Bertz CT molecular complexity index is 3.25. The Balaban J connectivity index is 0. The monoisotopic (exact) mass is 205 g/mol. The van der Waals surface area contributed by atoms with E-state index in [1.165, 1.54) is 0 Å². The molecule has 0 saturated heterocycles. The van der Waals surface area contributed by atoms with Crippen LogP contribution in [0.5, 0.6) is 0 Å². The van der Waals surface area contributed by atoms with Crippen molar-refractivity contribution in [3.05, 3.63) is 0 Å². The maximum Gasteiger partial charge on any atom is 0 e. The Morgan fingerprint density at radius 3 is 0.500 bits per heavy atom. The van der Waals surface area contributed by atoms with Crippen molar-refractivity contribution in [3.63, 3.8) is 0 Å². The maximum atomic E-state index is 0. The Hall–Kier alpha value is 1.91. The molecule has 0 aromatic carbocycles. The van der Waals surface area contributed by atoms with Crippen molar-refractivity contribution in [1.29, 1.82) is 0 Å². The van der Waals surface area contributed by atoms with Gasteiger partial charge in [0.2, 0.25) is 0 Å². The van der Waals surface area contributed by atoms with Gasteiger partial charge in [-0.2, -0.15) is 0 Å². The molecule has 0 aliphatic rings. The molecule has 0 bridgehead atoms. The molecule has 0 N–H and O–H groups in total. The normalized spacial score (nSPS) is 0. The zero-order chi connectivity index (χ0) is 0.